The van der Waals surface area contributed by atoms with E-state index in [0.29, 0.717) is 25.7 Å². The Morgan fingerprint density at radius 2 is 1.31 bits per heavy atom. The standard InChI is InChI=1S/C19H34O6Si/c1-7-9-12-22-26(23-13-10-8-2)14-11-17(24-18(20)15(3)4)25-19(21)16(5)6/h17,26H,3,5,7-14H2,1-2,4,6H3. The number of carbonyl (C=O) groups excluding carboxylic acids is 2. The molecule has 0 aromatic heterocycles. The Hall–Kier alpha value is -1.44. The van der Waals surface area contributed by atoms with Crippen molar-refractivity contribution in [3.05, 3.63) is 24.3 Å². The molecule has 0 unspecified atom stereocenters. The van der Waals surface area contributed by atoms with E-state index in [9.17, 15) is 9.59 Å². The van der Waals surface area contributed by atoms with E-state index in [4.69, 9.17) is 18.3 Å². The third-order valence-electron chi connectivity index (χ3n) is 3.42. The van der Waals surface area contributed by atoms with E-state index in [2.05, 4.69) is 27.0 Å². The second-order valence-corrected chi connectivity index (χ2v) is 8.36. The summed E-state index contributed by atoms with van der Waals surface area (Å²) in [6.45, 7) is 15.7. The Kier molecular flexibility index (Phi) is 13.9. The van der Waals surface area contributed by atoms with Gasteiger partial charge in [0.1, 0.15) is 0 Å². The predicted octanol–water partition coefficient (Wildman–Crippen LogP) is 3.80. The van der Waals surface area contributed by atoms with Crippen LogP contribution in [0.1, 0.15) is 59.8 Å². The Bertz CT molecular complexity index is 425. The van der Waals surface area contributed by atoms with Gasteiger partial charge < -0.3 is 18.3 Å². The lowest BCUT2D eigenvalue weighted by molar-refractivity contribution is -0.182. The second kappa shape index (κ2) is 14.7. The molecule has 0 saturated heterocycles. The lowest BCUT2D eigenvalue weighted by Crippen LogP contribution is -2.30. The Balaban J connectivity index is 4.75. The van der Waals surface area contributed by atoms with Crippen molar-refractivity contribution in [1.82, 2.24) is 0 Å². The van der Waals surface area contributed by atoms with Crippen LogP contribution in [-0.4, -0.2) is 40.7 Å². The summed E-state index contributed by atoms with van der Waals surface area (Å²) < 4.78 is 22.2. The Morgan fingerprint density at radius 1 is 0.885 bits per heavy atom. The monoisotopic (exact) mass is 386 g/mol. The summed E-state index contributed by atoms with van der Waals surface area (Å²) in [5.74, 6) is -1.19. The minimum Gasteiger partial charge on any atom is -0.422 e. The van der Waals surface area contributed by atoms with E-state index in [0.717, 1.165) is 25.7 Å². The molecule has 0 atom stereocenters. The van der Waals surface area contributed by atoms with E-state index in [-0.39, 0.29) is 11.1 Å². The van der Waals surface area contributed by atoms with Gasteiger partial charge in [-0.05, 0) is 32.7 Å². The van der Waals surface area contributed by atoms with Crippen LogP contribution in [0.5, 0.6) is 0 Å². The first-order valence-corrected chi connectivity index (χ1v) is 11.0. The van der Waals surface area contributed by atoms with Crippen molar-refractivity contribution in [2.75, 3.05) is 13.2 Å². The molecule has 0 spiro atoms. The lowest BCUT2D eigenvalue weighted by atomic mass is 10.3. The molecule has 0 N–H and O–H groups in total. The lowest BCUT2D eigenvalue weighted by Gasteiger charge is -2.21. The van der Waals surface area contributed by atoms with Crippen LogP contribution >= 0.6 is 0 Å². The van der Waals surface area contributed by atoms with Crippen molar-refractivity contribution in [3.63, 3.8) is 0 Å². The smallest absolute Gasteiger partial charge is 0.336 e. The van der Waals surface area contributed by atoms with E-state index < -0.39 is 27.5 Å². The number of hydrogen-bond acceptors (Lipinski definition) is 6. The van der Waals surface area contributed by atoms with Gasteiger partial charge in [-0.1, -0.05) is 39.8 Å². The van der Waals surface area contributed by atoms with Crippen LogP contribution in [0.3, 0.4) is 0 Å². The average Bonchev–Trinajstić information content (AvgIpc) is 2.58. The quantitative estimate of drug-likeness (QED) is 0.140. The molecule has 0 saturated carbocycles. The van der Waals surface area contributed by atoms with E-state index >= 15 is 0 Å². The highest BCUT2D eigenvalue weighted by molar-refractivity contribution is 6.44. The maximum absolute atomic E-state index is 11.8. The molecule has 0 aliphatic carbocycles. The third kappa shape index (κ3) is 12.0. The zero-order valence-corrected chi connectivity index (χ0v) is 17.8. The first-order valence-electron chi connectivity index (χ1n) is 9.27. The molecule has 0 rings (SSSR count). The van der Waals surface area contributed by atoms with Crippen molar-refractivity contribution >= 4 is 21.2 Å². The van der Waals surface area contributed by atoms with Crippen molar-refractivity contribution in [2.24, 2.45) is 0 Å². The van der Waals surface area contributed by atoms with Crippen LogP contribution in [0.15, 0.2) is 24.3 Å². The maximum Gasteiger partial charge on any atom is 0.336 e. The van der Waals surface area contributed by atoms with Gasteiger partial charge in [-0.2, -0.15) is 0 Å². The van der Waals surface area contributed by atoms with Gasteiger partial charge in [0, 0.05) is 30.8 Å². The zero-order chi connectivity index (χ0) is 19.9. The van der Waals surface area contributed by atoms with Crippen molar-refractivity contribution in [3.8, 4) is 0 Å². The summed E-state index contributed by atoms with van der Waals surface area (Å²) in [5, 5.41) is 0. The van der Waals surface area contributed by atoms with E-state index in [1.807, 2.05) is 0 Å². The molecule has 6 nitrogen and oxygen atoms in total. The van der Waals surface area contributed by atoms with Crippen LogP contribution in [0.2, 0.25) is 6.04 Å². The number of hydrogen-bond donors (Lipinski definition) is 0. The molecular formula is C19H34O6Si. The first kappa shape index (κ1) is 24.6. The van der Waals surface area contributed by atoms with E-state index in [1.165, 1.54) is 0 Å². The van der Waals surface area contributed by atoms with Gasteiger partial charge in [0.15, 0.2) is 0 Å². The van der Waals surface area contributed by atoms with Crippen LogP contribution in [0, 0.1) is 0 Å². The van der Waals surface area contributed by atoms with Crippen LogP contribution < -0.4 is 0 Å². The zero-order valence-electron chi connectivity index (χ0n) is 16.7. The van der Waals surface area contributed by atoms with Gasteiger partial charge in [0.05, 0.1) is 0 Å². The molecular weight excluding hydrogens is 352 g/mol. The molecule has 0 amide bonds. The Morgan fingerprint density at radius 3 is 1.65 bits per heavy atom. The summed E-state index contributed by atoms with van der Waals surface area (Å²) in [7, 11) is -1.92. The molecule has 0 aliphatic rings. The number of esters is 2. The fraction of sp³-hybridized carbons (Fsp3) is 0.684. The topological polar surface area (TPSA) is 71.1 Å². The van der Waals surface area contributed by atoms with Crippen LogP contribution in [0.4, 0.5) is 0 Å². The molecule has 0 aromatic rings. The molecule has 7 heteroatoms. The van der Waals surface area contributed by atoms with Crippen LogP contribution in [-0.2, 0) is 27.9 Å². The number of ether oxygens (including phenoxy) is 2. The maximum atomic E-state index is 11.8. The van der Waals surface area contributed by atoms with Crippen molar-refractivity contribution in [1.29, 1.82) is 0 Å². The third-order valence-corrected chi connectivity index (χ3v) is 5.43. The highest BCUT2D eigenvalue weighted by atomic mass is 28.3. The summed E-state index contributed by atoms with van der Waals surface area (Å²) in [6.07, 6.45) is 3.37. The molecule has 0 aromatic carbocycles. The van der Waals surface area contributed by atoms with Crippen LogP contribution in [0.25, 0.3) is 0 Å². The first-order chi connectivity index (χ1) is 12.3. The normalized spacial score (nSPS) is 10.8. The SMILES string of the molecule is C=C(C)C(=O)OC(CC[SiH](OCCCC)OCCCC)OC(=O)C(=C)C. The predicted molar refractivity (Wildman–Crippen MR) is 104 cm³/mol. The minimum absolute atomic E-state index is 0.244. The van der Waals surface area contributed by atoms with Gasteiger partial charge in [-0.15, -0.1) is 0 Å². The highest BCUT2D eigenvalue weighted by Crippen LogP contribution is 2.14. The van der Waals surface area contributed by atoms with E-state index in [1.54, 1.807) is 13.8 Å². The van der Waals surface area contributed by atoms with Crippen molar-refractivity contribution < 1.29 is 27.9 Å². The molecule has 0 bridgehead atoms. The molecule has 150 valence electrons. The van der Waals surface area contributed by atoms with Gasteiger partial charge >= 0.3 is 21.2 Å². The molecule has 26 heavy (non-hydrogen) atoms. The van der Waals surface area contributed by atoms with Gasteiger partial charge in [-0.3, -0.25) is 0 Å². The summed E-state index contributed by atoms with van der Waals surface area (Å²) in [6, 6.07) is 0.574. The number of unbranched alkanes of at least 4 members (excludes halogenated alkanes) is 2. The molecule has 0 aliphatic heterocycles. The second-order valence-electron chi connectivity index (χ2n) is 6.26. The Labute approximate surface area is 159 Å². The minimum atomic E-state index is -1.92. The molecule has 0 fully saturated rings. The summed E-state index contributed by atoms with van der Waals surface area (Å²) >= 11 is 0. The molecule has 0 radical (unpaired) electrons. The fourth-order valence-electron chi connectivity index (χ4n) is 1.79. The van der Waals surface area contributed by atoms with Gasteiger partial charge in [-0.25, -0.2) is 9.59 Å². The van der Waals surface area contributed by atoms with Gasteiger partial charge in [0.2, 0.25) is 6.29 Å². The largest absolute Gasteiger partial charge is 0.422 e. The average molecular weight is 387 g/mol. The fourth-order valence-corrected chi connectivity index (χ4v) is 3.62. The molecule has 0 heterocycles. The van der Waals surface area contributed by atoms with Crippen molar-refractivity contribution in [2.45, 2.75) is 72.1 Å². The summed E-state index contributed by atoms with van der Waals surface area (Å²) in [5.41, 5.74) is 0.488. The number of carbonyl (C=O) groups is 2. The van der Waals surface area contributed by atoms with Gasteiger partial charge in [0.25, 0.3) is 0 Å². The summed E-state index contributed by atoms with van der Waals surface area (Å²) in [4.78, 5) is 23.6. The number of rotatable bonds is 15. The highest BCUT2D eigenvalue weighted by Gasteiger charge is 2.23.